The molecule has 1 saturated heterocycles. The second kappa shape index (κ2) is 11.0. The number of aromatic nitrogens is 3. The monoisotopic (exact) mass is 551 g/mol. The van der Waals surface area contributed by atoms with Gasteiger partial charge in [-0.2, -0.15) is 0 Å². The number of hydrogen-bond donors (Lipinski definition) is 2. The maximum absolute atomic E-state index is 12.5. The molecule has 2 N–H and O–H groups in total. The molecular formula is C27H34BrN7O. The van der Waals surface area contributed by atoms with Crippen molar-refractivity contribution in [3.05, 3.63) is 41.3 Å². The molecule has 8 nitrogen and oxygen atoms in total. The first kappa shape index (κ1) is 24.7. The first-order valence-electron chi connectivity index (χ1n) is 13.0. The number of piperazine rings is 1. The summed E-state index contributed by atoms with van der Waals surface area (Å²) in [7, 11) is 0. The minimum atomic E-state index is -0.000806. The van der Waals surface area contributed by atoms with Gasteiger partial charge in [-0.05, 0) is 60.8 Å². The summed E-state index contributed by atoms with van der Waals surface area (Å²) in [6, 6.07) is 6.83. The van der Waals surface area contributed by atoms with Crippen LogP contribution in [0, 0.1) is 0 Å². The lowest BCUT2D eigenvalue weighted by Gasteiger charge is -2.36. The van der Waals surface area contributed by atoms with E-state index in [9.17, 15) is 4.79 Å². The van der Waals surface area contributed by atoms with Crippen molar-refractivity contribution in [2.24, 2.45) is 0 Å². The highest BCUT2D eigenvalue weighted by molar-refractivity contribution is 9.10. The second-order valence-corrected chi connectivity index (χ2v) is 10.9. The van der Waals surface area contributed by atoms with Crippen LogP contribution in [0.5, 0.6) is 0 Å². The van der Waals surface area contributed by atoms with E-state index in [0.29, 0.717) is 19.1 Å². The van der Waals surface area contributed by atoms with Crippen molar-refractivity contribution in [2.75, 3.05) is 36.4 Å². The SMILES string of the molecule is CC(C)NC(=O)N1CCN(c2nc(-c3cc(NC4CCCCC4)ncc3Br)cc3cnccc23)CC1. The van der Waals surface area contributed by atoms with Crippen LogP contribution in [0.2, 0.25) is 0 Å². The summed E-state index contributed by atoms with van der Waals surface area (Å²) in [5, 5.41) is 8.75. The van der Waals surface area contributed by atoms with Crippen molar-refractivity contribution < 1.29 is 4.79 Å². The zero-order valence-corrected chi connectivity index (χ0v) is 22.6. The number of amides is 2. The number of hydrogen-bond acceptors (Lipinski definition) is 6. The molecule has 1 saturated carbocycles. The summed E-state index contributed by atoms with van der Waals surface area (Å²) >= 11 is 3.71. The van der Waals surface area contributed by atoms with Gasteiger partial charge >= 0.3 is 6.03 Å². The minimum Gasteiger partial charge on any atom is -0.367 e. The molecule has 4 heterocycles. The van der Waals surface area contributed by atoms with Gasteiger partial charge in [0.05, 0.1) is 5.69 Å². The van der Waals surface area contributed by atoms with Crippen LogP contribution < -0.4 is 15.5 Å². The lowest BCUT2D eigenvalue weighted by molar-refractivity contribution is 0.192. The number of nitrogens with zero attached hydrogens (tertiary/aromatic N) is 5. The molecule has 0 bridgehead atoms. The summed E-state index contributed by atoms with van der Waals surface area (Å²) in [5.74, 6) is 1.82. The van der Waals surface area contributed by atoms with E-state index >= 15 is 0 Å². The number of halogens is 1. The minimum absolute atomic E-state index is 0.000806. The number of fused-ring (bicyclic) bond motifs is 1. The van der Waals surface area contributed by atoms with E-state index in [2.05, 4.69) is 53.6 Å². The largest absolute Gasteiger partial charge is 0.367 e. The smallest absolute Gasteiger partial charge is 0.317 e. The predicted octanol–water partition coefficient (Wildman–Crippen LogP) is 5.44. The highest BCUT2D eigenvalue weighted by Crippen LogP contribution is 2.34. The number of carbonyl (C=O) groups excluding carboxylic acids is 1. The fourth-order valence-corrected chi connectivity index (χ4v) is 5.51. The summed E-state index contributed by atoms with van der Waals surface area (Å²) in [4.78, 5) is 30.8. The highest BCUT2D eigenvalue weighted by Gasteiger charge is 2.24. The quantitative estimate of drug-likeness (QED) is 0.439. The van der Waals surface area contributed by atoms with Crippen molar-refractivity contribution in [2.45, 2.75) is 58.0 Å². The number of nitrogens with one attached hydrogen (secondary N) is 2. The van der Waals surface area contributed by atoms with E-state index in [1.807, 2.05) is 43.4 Å². The van der Waals surface area contributed by atoms with Crippen LogP contribution in [0.15, 0.2) is 41.3 Å². The molecule has 2 aliphatic rings. The fraction of sp³-hybridized carbons (Fsp3) is 0.481. The van der Waals surface area contributed by atoms with E-state index in [-0.39, 0.29) is 12.1 Å². The summed E-state index contributed by atoms with van der Waals surface area (Å²) in [6.45, 7) is 6.74. The van der Waals surface area contributed by atoms with Gasteiger partial charge in [-0.3, -0.25) is 4.98 Å². The van der Waals surface area contributed by atoms with Gasteiger partial charge in [-0.15, -0.1) is 0 Å². The molecule has 0 atom stereocenters. The average Bonchev–Trinajstić information content (AvgIpc) is 2.89. The third-order valence-electron chi connectivity index (χ3n) is 6.98. The van der Waals surface area contributed by atoms with Gasteiger partial charge in [-0.25, -0.2) is 14.8 Å². The van der Waals surface area contributed by atoms with Crippen LogP contribution in [0.3, 0.4) is 0 Å². The van der Waals surface area contributed by atoms with Crippen LogP contribution in [-0.2, 0) is 0 Å². The number of pyridine rings is 3. The van der Waals surface area contributed by atoms with Gasteiger partial charge in [0.25, 0.3) is 0 Å². The van der Waals surface area contributed by atoms with E-state index in [0.717, 1.165) is 51.2 Å². The van der Waals surface area contributed by atoms with E-state index in [4.69, 9.17) is 4.98 Å². The summed E-state index contributed by atoms with van der Waals surface area (Å²) < 4.78 is 0.911. The van der Waals surface area contributed by atoms with Gasteiger partial charge in [0.1, 0.15) is 11.6 Å². The Morgan fingerprint density at radius 2 is 1.86 bits per heavy atom. The Morgan fingerprint density at radius 1 is 1.08 bits per heavy atom. The Labute approximate surface area is 221 Å². The van der Waals surface area contributed by atoms with E-state index in [1.54, 1.807) is 0 Å². The molecule has 2 amide bonds. The molecule has 3 aromatic heterocycles. The number of carbonyl (C=O) groups is 1. The topological polar surface area (TPSA) is 86.3 Å². The maximum Gasteiger partial charge on any atom is 0.317 e. The van der Waals surface area contributed by atoms with Crippen LogP contribution in [0.25, 0.3) is 22.0 Å². The Bertz CT molecular complexity index is 1220. The van der Waals surface area contributed by atoms with Gasteiger partial charge in [-0.1, -0.05) is 19.3 Å². The molecule has 5 rings (SSSR count). The third kappa shape index (κ3) is 5.56. The van der Waals surface area contributed by atoms with E-state index < -0.39 is 0 Å². The van der Waals surface area contributed by atoms with Gasteiger partial charge in [0.2, 0.25) is 0 Å². The molecule has 0 radical (unpaired) electrons. The van der Waals surface area contributed by atoms with Crippen molar-refractivity contribution in [3.63, 3.8) is 0 Å². The third-order valence-corrected chi connectivity index (χ3v) is 7.61. The fourth-order valence-electron chi connectivity index (χ4n) is 5.09. The van der Waals surface area contributed by atoms with Crippen LogP contribution >= 0.6 is 15.9 Å². The average molecular weight is 553 g/mol. The lowest BCUT2D eigenvalue weighted by atomic mass is 9.95. The molecular weight excluding hydrogens is 518 g/mol. The number of anilines is 2. The molecule has 9 heteroatoms. The van der Waals surface area contributed by atoms with Crippen LogP contribution in [-0.4, -0.2) is 64.1 Å². The Balaban J connectivity index is 1.43. The normalized spacial score (nSPS) is 17.0. The number of urea groups is 1. The zero-order chi connectivity index (χ0) is 25.1. The maximum atomic E-state index is 12.5. The lowest BCUT2D eigenvalue weighted by Crippen LogP contribution is -2.53. The molecule has 1 aliphatic carbocycles. The van der Waals surface area contributed by atoms with Crippen molar-refractivity contribution in [1.82, 2.24) is 25.2 Å². The molecule has 2 fully saturated rings. The summed E-state index contributed by atoms with van der Waals surface area (Å²) in [6.07, 6.45) is 11.8. The molecule has 0 unspecified atom stereocenters. The second-order valence-electron chi connectivity index (χ2n) is 10.0. The molecule has 0 spiro atoms. The van der Waals surface area contributed by atoms with Crippen LogP contribution in [0.1, 0.15) is 46.0 Å². The molecule has 1 aliphatic heterocycles. The van der Waals surface area contributed by atoms with Crippen LogP contribution in [0.4, 0.5) is 16.4 Å². The predicted molar refractivity (Wildman–Crippen MR) is 148 cm³/mol. The van der Waals surface area contributed by atoms with Gasteiger partial charge < -0.3 is 20.4 Å². The van der Waals surface area contributed by atoms with Gasteiger partial charge in [0.15, 0.2) is 0 Å². The Morgan fingerprint density at radius 3 is 2.61 bits per heavy atom. The van der Waals surface area contributed by atoms with Crippen molar-refractivity contribution in [3.8, 4) is 11.3 Å². The first-order chi connectivity index (χ1) is 17.5. The van der Waals surface area contributed by atoms with Crippen molar-refractivity contribution >= 4 is 44.4 Å². The number of rotatable bonds is 5. The zero-order valence-electron chi connectivity index (χ0n) is 21.0. The standard InChI is InChI=1S/C27H34BrN7O/c1-18(2)31-27(36)35-12-10-34(11-13-35)26-21-8-9-29-16-19(21)14-24(33-26)22-15-25(30-17-23(22)28)32-20-6-4-3-5-7-20/h8-9,14-18,20H,3-7,10-13H2,1-2H3,(H,30,32)(H,31,36). The Kier molecular flexibility index (Phi) is 7.55. The highest BCUT2D eigenvalue weighted by atomic mass is 79.9. The Hall–Kier alpha value is -2.94. The molecule has 36 heavy (non-hydrogen) atoms. The molecule has 190 valence electrons. The van der Waals surface area contributed by atoms with Crippen molar-refractivity contribution in [1.29, 1.82) is 0 Å². The molecule has 0 aromatic carbocycles. The molecule has 3 aromatic rings. The first-order valence-corrected chi connectivity index (χ1v) is 13.7. The van der Waals surface area contributed by atoms with E-state index in [1.165, 1.54) is 32.1 Å². The van der Waals surface area contributed by atoms with Gasteiger partial charge in [0, 0.05) is 77.7 Å². The summed E-state index contributed by atoms with van der Waals surface area (Å²) in [5.41, 5.74) is 1.89.